The lowest BCUT2D eigenvalue weighted by Gasteiger charge is -2.13. The molecule has 0 spiro atoms. The second-order valence-electron chi connectivity index (χ2n) is 5.89. The summed E-state index contributed by atoms with van der Waals surface area (Å²) in [5.41, 5.74) is 2.33. The van der Waals surface area contributed by atoms with E-state index >= 15 is 0 Å². The number of aliphatic hydroxyl groups is 1. The Balaban J connectivity index is 1.56. The van der Waals surface area contributed by atoms with Crippen molar-refractivity contribution in [3.63, 3.8) is 0 Å². The van der Waals surface area contributed by atoms with E-state index < -0.39 is 17.7 Å². The van der Waals surface area contributed by atoms with Crippen LogP contribution in [0.2, 0.25) is 0 Å². The Hall–Kier alpha value is -3.32. The number of imidazole rings is 1. The zero-order valence-electron chi connectivity index (χ0n) is 13.9. The first-order valence-corrected chi connectivity index (χ1v) is 8.13. The molecule has 7 nitrogen and oxygen atoms in total. The van der Waals surface area contributed by atoms with Gasteiger partial charge in [-0.25, -0.2) is 4.79 Å². The fourth-order valence-corrected chi connectivity index (χ4v) is 2.62. The van der Waals surface area contributed by atoms with E-state index in [1.54, 1.807) is 0 Å². The van der Waals surface area contributed by atoms with Crippen LogP contribution in [0.4, 0.5) is 0 Å². The van der Waals surface area contributed by atoms with Crippen molar-refractivity contribution in [1.82, 2.24) is 15.3 Å². The van der Waals surface area contributed by atoms with Gasteiger partial charge in [-0.05, 0) is 16.7 Å². The molecular weight excluding hydrogens is 334 g/mol. The Morgan fingerprint density at radius 2 is 1.65 bits per heavy atom. The summed E-state index contributed by atoms with van der Waals surface area (Å²) in [5.74, 6) is -0.780. The average Bonchev–Trinajstić information content (AvgIpc) is 2.97. The molecule has 5 N–H and O–H groups in total. The second kappa shape index (κ2) is 7.71. The van der Waals surface area contributed by atoms with E-state index in [-0.39, 0.29) is 24.5 Å². The third-order valence-corrected chi connectivity index (χ3v) is 4.01. The molecule has 0 bridgehead atoms. The maximum absolute atomic E-state index is 11.9. The van der Waals surface area contributed by atoms with Gasteiger partial charge in [0, 0.05) is 6.54 Å². The summed E-state index contributed by atoms with van der Waals surface area (Å²) >= 11 is 0. The molecule has 134 valence electrons. The zero-order chi connectivity index (χ0) is 18.5. The van der Waals surface area contributed by atoms with Gasteiger partial charge >= 0.3 is 5.69 Å². The highest BCUT2D eigenvalue weighted by Crippen LogP contribution is 2.21. The molecular formula is C19H19N3O4. The number of carbonyl (C=O) groups excluding carboxylic acids is 1. The smallest absolute Gasteiger partial charge is 0.325 e. The number of aromatic nitrogens is 2. The number of hydrogen-bond donors (Lipinski definition) is 5. The van der Waals surface area contributed by atoms with Crippen molar-refractivity contribution in [2.24, 2.45) is 0 Å². The van der Waals surface area contributed by atoms with Gasteiger partial charge in [0.05, 0.1) is 18.2 Å². The van der Waals surface area contributed by atoms with Gasteiger partial charge in [0.2, 0.25) is 11.8 Å². The Morgan fingerprint density at radius 1 is 1.00 bits per heavy atom. The molecule has 3 rings (SSSR count). The summed E-state index contributed by atoms with van der Waals surface area (Å²) in [6.07, 6.45) is -1.05. The minimum absolute atomic E-state index is 0.0267. The number of aliphatic hydroxyl groups excluding tert-OH is 1. The summed E-state index contributed by atoms with van der Waals surface area (Å²) in [4.78, 5) is 27.4. The van der Waals surface area contributed by atoms with Crippen LogP contribution in [0.25, 0.3) is 11.1 Å². The molecule has 0 radical (unpaired) electrons. The monoisotopic (exact) mass is 353 g/mol. The Labute approximate surface area is 149 Å². The summed E-state index contributed by atoms with van der Waals surface area (Å²) in [7, 11) is 0. The second-order valence-corrected chi connectivity index (χ2v) is 5.89. The fourth-order valence-electron chi connectivity index (χ4n) is 2.62. The van der Waals surface area contributed by atoms with Gasteiger partial charge in [0.25, 0.3) is 0 Å². The molecule has 1 atom stereocenters. The molecule has 0 saturated carbocycles. The number of hydrogen-bond acceptors (Lipinski definition) is 4. The highest BCUT2D eigenvalue weighted by Gasteiger charge is 2.13. The molecule has 3 aromatic rings. The Bertz CT molecular complexity index is 929. The molecule has 0 aliphatic heterocycles. The highest BCUT2D eigenvalue weighted by molar-refractivity contribution is 5.78. The van der Waals surface area contributed by atoms with Gasteiger partial charge in [-0.15, -0.1) is 0 Å². The number of carbonyl (C=O) groups is 1. The zero-order valence-corrected chi connectivity index (χ0v) is 13.9. The third-order valence-electron chi connectivity index (χ3n) is 4.01. The summed E-state index contributed by atoms with van der Waals surface area (Å²) in [5, 5.41) is 22.2. The van der Waals surface area contributed by atoms with Gasteiger partial charge in [0.15, 0.2) is 0 Å². The van der Waals surface area contributed by atoms with E-state index in [4.69, 9.17) is 0 Å². The van der Waals surface area contributed by atoms with Crippen LogP contribution in [0.5, 0.6) is 5.88 Å². The van der Waals surface area contributed by atoms with Crippen molar-refractivity contribution in [2.45, 2.75) is 12.5 Å². The van der Waals surface area contributed by atoms with Crippen LogP contribution in [0.3, 0.4) is 0 Å². The average molecular weight is 353 g/mol. The van der Waals surface area contributed by atoms with Crippen LogP contribution in [-0.2, 0) is 11.2 Å². The topological polar surface area (TPSA) is 118 Å². The molecule has 0 fully saturated rings. The minimum atomic E-state index is -0.859. The minimum Gasteiger partial charge on any atom is -0.493 e. The van der Waals surface area contributed by atoms with Crippen LogP contribution in [0.15, 0.2) is 59.4 Å². The van der Waals surface area contributed by atoms with Crippen LogP contribution >= 0.6 is 0 Å². The van der Waals surface area contributed by atoms with Gasteiger partial charge in [-0.2, -0.15) is 0 Å². The van der Waals surface area contributed by atoms with Crippen molar-refractivity contribution in [3.05, 3.63) is 76.3 Å². The van der Waals surface area contributed by atoms with E-state index in [0.29, 0.717) is 5.56 Å². The summed E-state index contributed by atoms with van der Waals surface area (Å²) < 4.78 is 0. The van der Waals surface area contributed by atoms with Gasteiger partial charge < -0.3 is 20.5 Å². The SMILES string of the molecule is O=C(Cc1[nH]c(=O)[nH]c1O)NCC(O)c1ccc(-c2ccccc2)cc1. The predicted molar refractivity (Wildman–Crippen MR) is 96.6 cm³/mol. The molecule has 26 heavy (non-hydrogen) atoms. The lowest BCUT2D eigenvalue weighted by atomic mass is 10.0. The van der Waals surface area contributed by atoms with E-state index in [9.17, 15) is 19.8 Å². The molecule has 7 heteroatoms. The number of aromatic amines is 2. The summed E-state index contributed by atoms with van der Waals surface area (Å²) in [6.45, 7) is 0.0267. The van der Waals surface area contributed by atoms with E-state index in [1.807, 2.05) is 54.6 Å². The molecule has 2 aromatic carbocycles. The van der Waals surface area contributed by atoms with Crippen molar-refractivity contribution in [2.75, 3.05) is 6.54 Å². The molecule has 0 aliphatic rings. The largest absolute Gasteiger partial charge is 0.493 e. The first kappa shape index (κ1) is 17.5. The van der Waals surface area contributed by atoms with Crippen LogP contribution in [0.1, 0.15) is 17.4 Å². The van der Waals surface area contributed by atoms with Crippen LogP contribution in [-0.4, -0.2) is 32.6 Å². The van der Waals surface area contributed by atoms with Crippen molar-refractivity contribution < 1.29 is 15.0 Å². The molecule has 0 saturated heterocycles. The Kier molecular flexibility index (Phi) is 5.19. The maximum Gasteiger partial charge on any atom is 0.325 e. The summed E-state index contributed by atoms with van der Waals surface area (Å²) in [6, 6.07) is 17.3. The quantitative estimate of drug-likeness (QED) is 0.461. The van der Waals surface area contributed by atoms with Gasteiger partial charge in [-0.3, -0.25) is 9.78 Å². The standard InChI is InChI=1S/C19H19N3O4/c23-16(11-20-17(24)10-15-18(25)22-19(26)21-15)14-8-6-13(7-9-14)12-4-2-1-3-5-12/h1-9,16,23,25H,10-11H2,(H,20,24)(H2,21,22,26). The van der Waals surface area contributed by atoms with Crippen molar-refractivity contribution >= 4 is 5.91 Å². The van der Waals surface area contributed by atoms with Crippen LogP contribution in [0, 0.1) is 0 Å². The number of nitrogens with one attached hydrogen (secondary N) is 3. The van der Waals surface area contributed by atoms with Crippen molar-refractivity contribution in [3.8, 4) is 17.0 Å². The first-order valence-electron chi connectivity index (χ1n) is 8.13. The molecule has 1 amide bonds. The number of H-pyrrole nitrogens is 2. The predicted octanol–water partition coefficient (Wildman–Crippen LogP) is 1.47. The third kappa shape index (κ3) is 4.20. The Morgan fingerprint density at radius 3 is 2.27 bits per heavy atom. The highest BCUT2D eigenvalue weighted by atomic mass is 16.3. The molecule has 0 aliphatic carbocycles. The van der Waals surface area contributed by atoms with Gasteiger partial charge in [-0.1, -0.05) is 54.6 Å². The number of rotatable bonds is 6. The normalized spacial score (nSPS) is 11.9. The fraction of sp³-hybridized carbons (Fsp3) is 0.158. The first-order chi connectivity index (χ1) is 12.5. The number of aromatic hydroxyl groups is 1. The number of amides is 1. The van der Waals surface area contributed by atoms with E-state index in [1.165, 1.54) is 0 Å². The van der Waals surface area contributed by atoms with Gasteiger partial charge in [0.1, 0.15) is 0 Å². The molecule has 1 unspecified atom stereocenters. The maximum atomic E-state index is 11.9. The lowest BCUT2D eigenvalue weighted by molar-refractivity contribution is -0.121. The molecule has 1 aromatic heterocycles. The van der Waals surface area contributed by atoms with E-state index in [0.717, 1.165) is 11.1 Å². The van der Waals surface area contributed by atoms with E-state index in [2.05, 4.69) is 15.3 Å². The molecule has 1 heterocycles. The van der Waals surface area contributed by atoms with Crippen LogP contribution < -0.4 is 11.0 Å². The number of benzene rings is 2. The van der Waals surface area contributed by atoms with Crippen molar-refractivity contribution in [1.29, 1.82) is 0 Å². The lowest BCUT2D eigenvalue weighted by Crippen LogP contribution is -2.29.